The van der Waals surface area contributed by atoms with Crippen molar-refractivity contribution in [1.82, 2.24) is 10.2 Å². The number of nitrogens with zero attached hydrogens (tertiary/aromatic N) is 1. The molecule has 6 heteroatoms. The Morgan fingerprint density at radius 3 is 2.48 bits per heavy atom. The van der Waals surface area contributed by atoms with E-state index in [1.165, 1.54) is 0 Å². The Morgan fingerprint density at radius 2 is 1.95 bits per heavy atom. The smallest absolute Gasteiger partial charge is 0.234 e. The highest BCUT2D eigenvalue weighted by molar-refractivity contribution is 6.30. The van der Waals surface area contributed by atoms with Crippen LogP contribution in [-0.4, -0.2) is 35.8 Å². The molecular weight excluding hydrogens is 290 g/mol. The molecule has 0 heterocycles. The lowest BCUT2D eigenvalue weighted by atomic mass is 10.1. The van der Waals surface area contributed by atoms with E-state index >= 15 is 0 Å². The zero-order valence-corrected chi connectivity index (χ0v) is 13.4. The number of hydrogen-bond acceptors (Lipinski definition) is 3. The lowest BCUT2D eigenvalue weighted by molar-refractivity contribution is -0.125. The van der Waals surface area contributed by atoms with Crippen LogP contribution in [0.2, 0.25) is 5.02 Å². The van der Waals surface area contributed by atoms with Gasteiger partial charge in [0.25, 0.3) is 0 Å². The maximum absolute atomic E-state index is 12.1. The second-order valence-corrected chi connectivity index (χ2v) is 5.75. The fourth-order valence-electron chi connectivity index (χ4n) is 1.95. The first-order chi connectivity index (χ1) is 9.79. The number of primary amides is 1. The van der Waals surface area contributed by atoms with Crippen molar-refractivity contribution in [2.24, 2.45) is 5.73 Å². The number of rotatable bonds is 7. The number of nitrogens with one attached hydrogen (secondary N) is 1. The third kappa shape index (κ3) is 6.14. The SMILES string of the molecule is CC(C)N(CC(N)=O)CC(=O)N[C@H](C)c1cccc(Cl)c1. The largest absolute Gasteiger partial charge is 0.369 e. The number of halogens is 1. The van der Waals surface area contributed by atoms with E-state index in [1.54, 1.807) is 11.0 Å². The summed E-state index contributed by atoms with van der Waals surface area (Å²) in [5.74, 6) is -0.600. The van der Waals surface area contributed by atoms with Gasteiger partial charge >= 0.3 is 0 Å². The van der Waals surface area contributed by atoms with Gasteiger partial charge in [0.2, 0.25) is 11.8 Å². The van der Waals surface area contributed by atoms with Gasteiger partial charge in [-0.2, -0.15) is 0 Å². The average Bonchev–Trinajstić information content (AvgIpc) is 2.37. The van der Waals surface area contributed by atoms with Crippen molar-refractivity contribution >= 4 is 23.4 Å². The molecule has 0 aromatic heterocycles. The maximum Gasteiger partial charge on any atom is 0.234 e. The Morgan fingerprint density at radius 1 is 1.29 bits per heavy atom. The molecule has 0 spiro atoms. The van der Waals surface area contributed by atoms with Crippen molar-refractivity contribution in [3.8, 4) is 0 Å². The summed E-state index contributed by atoms with van der Waals surface area (Å²) in [6, 6.07) is 7.25. The molecule has 0 radical (unpaired) electrons. The lowest BCUT2D eigenvalue weighted by Gasteiger charge is -2.25. The van der Waals surface area contributed by atoms with E-state index < -0.39 is 5.91 Å². The molecule has 116 valence electrons. The van der Waals surface area contributed by atoms with E-state index in [0.29, 0.717) is 5.02 Å². The fraction of sp³-hybridized carbons (Fsp3) is 0.467. The van der Waals surface area contributed by atoms with E-state index in [4.69, 9.17) is 17.3 Å². The van der Waals surface area contributed by atoms with E-state index in [1.807, 2.05) is 39.0 Å². The summed E-state index contributed by atoms with van der Waals surface area (Å²) < 4.78 is 0. The molecule has 1 aromatic carbocycles. The van der Waals surface area contributed by atoms with Gasteiger partial charge in [-0.25, -0.2) is 0 Å². The van der Waals surface area contributed by atoms with Crippen molar-refractivity contribution < 1.29 is 9.59 Å². The molecule has 0 saturated carbocycles. The third-order valence-electron chi connectivity index (χ3n) is 3.16. The van der Waals surface area contributed by atoms with Crippen LogP contribution in [-0.2, 0) is 9.59 Å². The van der Waals surface area contributed by atoms with Crippen molar-refractivity contribution in [2.75, 3.05) is 13.1 Å². The van der Waals surface area contributed by atoms with Gasteiger partial charge in [0.1, 0.15) is 0 Å². The van der Waals surface area contributed by atoms with E-state index in [2.05, 4.69) is 5.32 Å². The highest BCUT2D eigenvalue weighted by Crippen LogP contribution is 2.17. The molecular formula is C15H22ClN3O2. The van der Waals surface area contributed by atoms with E-state index in [0.717, 1.165) is 5.56 Å². The van der Waals surface area contributed by atoms with Crippen LogP contribution in [0.25, 0.3) is 0 Å². The van der Waals surface area contributed by atoms with Gasteiger partial charge < -0.3 is 11.1 Å². The summed E-state index contributed by atoms with van der Waals surface area (Å²) >= 11 is 5.94. The second-order valence-electron chi connectivity index (χ2n) is 5.31. The first-order valence-corrected chi connectivity index (χ1v) is 7.24. The highest BCUT2D eigenvalue weighted by atomic mass is 35.5. The summed E-state index contributed by atoms with van der Waals surface area (Å²) in [6.07, 6.45) is 0. The summed E-state index contributed by atoms with van der Waals surface area (Å²) in [4.78, 5) is 24.8. The van der Waals surface area contributed by atoms with Gasteiger partial charge in [0, 0.05) is 11.1 Å². The van der Waals surface area contributed by atoms with Gasteiger partial charge in [-0.1, -0.05) is 23.7 Å². The first-order valence-electron chi connectivity index (χ1n) is 6.86. The number of amides is 2. The van der Waals surface area contributed by atoms with Crippen LogP contribution in [0.5, 0.6) is 0 Å². The zero-order chi connectivity index (χ0) is 16.0. The van der Waals surface area contributed by atoms with Gasteiger partial charge in [-0.3, -0.25) is 14.5 Å². The second kappa shape index (κ2) is 8.00. The van der Waals surface area contributed by atoms with Crippen LogP contribution in [0, 0.1) is 0 Å². The van der Waals surface area contributed by atoms with Crippen molar-refractivity contribution in [3.05, 3.63) is 34.9 Å². The predicted octanol–water partition coefficient (Wildman–Crippen LogP) is 1.71. The number of benzene rings is 1. The van der Waals surface area contributed by atoms with Gasteiger partial charge in [-0.15, -0.1) is 0 Å². The monoisotopic (exact) mass is 311 g/mol. The Labute approximate surface area is 130 Å². The van der Waals surface area contributed by atoms with Crippen LogP contribution in [0.4, 0.5) is 0 Å². The number of carbonyl (C=O) groups is 2. The third-order valence-corrected chi connectivity index (χ3v) is 3.40. The van der Waals surface area contributed by atoms with Gasteiger partial charge in [-0.05, 0) is 38.5 Å². The Balaban J connectivity index is 2.61. The number of nitrogens with two attached hydrogens (primary N) is 1. The first kappa shape index (κ1) is 17.5. The molecule has 0 saturated heterocycles. The molecule has 1 aromatic rings. The molecule has 5 nitrogen and oxygen atoms in total. The molecule has 0 aliphatic heterocycles. The van der Waals surface area contributed by atoms with Crippen LogP contribution in [0.3, 0.4) is 0 Å². The van der Waals surface area contributed by atoms with Crippen LogP contribution >= 0.6 is 11.6 Å². The molecule has 0 bridgehead atoms. The minimum Gasteiger partial charge on any atom is -0.369 e. The van der Waals surface area contributed by atoms with Gasteiger partial charge in [0.05, 0.1) is 19.1 Å². The van der Waals surface area contributed by atoms with Crippen LogP contribution in [0.15, 0.2) is 24.3 Å². The molecule has 0 aliphatic rings. The normalized spacial score (nSPS) is 12.5. The lowest BCUT2D eigenvalue weighted by Crippen LogP contribution is -2.45. The van der Waals surface area contributed by atoms with Crippen LogP contribution in [0.1, 0.15) is 32.4 Å². The fourth-order valence-corrected chi connectivity index (χ4v) is 2.15. The average molecular weight is 312 g/mol. The van der Waals surface area contributed by atoms with E-state index in [9.17, 15) is 9.59 Å². The molecule has 1 atom stereocenters. The molecule has 0 aliphatic carbocycles. The van der Waals surface area contributed by atoms with E-state index in [-0.39, 0.29) is 31.1 Å². The number of carbonyl (C=O) groups excluding carboxylic acids is 2. The minimum atomic E-state index is -0.445. The van der Waals surface area contributed by atoms with Gasteiger partial charge in [0.15, 0.2) is 0 Å². The molecule has 3 N–H and O–H groups in total. The topological polar surface area (TPSA) is 75.4 Å². The Hall–Kier alpha value is -1.59. The Bertz CT molecular complexity index is 505. The van der Waals surface area contributed by atoms with Crippen molar-refractivity contribution in [2.45, 2.75) is 32.9 Å². The summed E-state index contributed by atoms with van der Waals surface area (Å²) in [5.41, 5.74) is 6.12. The Kier molecular flexibility index (Phi) is 6.65. The van der Waals surface area contributed by atoms with Crippen molar-refractivity contribution in [3.63, 3.8) is 0 Å². The molecule has 0 fully saturated rings. The zero-order valence-electron chi connectivity index (χ0n) is 12.6. The number of hydrogen-bond donors (Lipinski definition) is 2. The molecule has 21 heavy (non-hydrogen) atoms. The molecule has 0 unspecified atom stereocenters. The molecule has 2 amide bonds. The summed E-state index contributed by atoms with van der Waals surface area (Å²) in [6.45, 7) is 5.91. The molecule has 1 rings (SSSR count). The quantitative estimate of drug-likeness (QED) is 0.805. The summed E-state index contributed by atoms with van der Waals surface area (Å²) in [5, 5.41) is 3.52. The minimum absolute atomic E-state index is 0.0599. The standard InChI is InChI=1S/C15H22ClN3O2/c1-10(2)19(8-14(17)20)9-15(21)18-11(3)12-5-4-6-13(16)7-12/h4-7,10-11H,8-9H2,1-3H3,(H2,17,20)(H,18,21)/t11-/m1/s1. The van der Waals surface area contributed by atoms with Crippen LogP contribution < -0.4 is 11.1 Å². The predicted molar refractivity (Wildman–Crippen MR) is 83.9 cm³/mol. The highest BCUT2D eigenvalue weighted by Gasteiger charge is 2.17. The summed E-state index contributed by atoms with van der Waals surface area (Å²) in [7, 11) is 0. The van der Waals surface area contributed by atoms with Crippen molar-refractivity contribution in [1.29, 1.82) is 0 Å². The maximum atomic E-state index is 12.1.